The molecule has 0 aliphatic carbocycles. The Morgan fingerprint density at radius 2 is 1.89 bits per heavy atom. The molecule has 3 aromatic rings. The maximum absolute atomic E-state index is 9.24. The van der Waals surface area contributed by atoms with Gasteiger partial charge in [0.15, 0.2) is 6.23 Å². The van der Waals surface area contributed by atoms with Crippen LogP contribution in [0.5, 0.6) is 5.75 Å². The summed E-state index contributed by atoms with van der Waals surface area (Å²) in [6.07, 6.45) is 4.60. The Hall–Kier alpha value is -2.24. The largest absolute Gasteiger partial charge is 0.543 e. The third-order valence-electron chi connectivity index (χ3n) is 7.36. The lowest BCUT2D eigenvalue weighted by Gasteiger charge is -2.36. The zero-order valence-corrected chi connectivity index (χ0v) is 24.8. The summed E-state index contributed by atoms with van der Waals surface area (Å²) < 4.78 is 27.6. The van der Waals surface area contributed by atoms with Gasteiger partial charge in [-0.15, -0.1) is 0 Å². The van der Waals surface area contributed by atoms with E-state index in [4.69, 9.17) is 28.8 Å². The molecule has 1 fully saturated rings. The molecule has 10 heteroatoms. The van der Waals surface area contributed by atoms with Crippen molar-refractivity contribution in [3.05, 3.63) is 30.5 Å². The molecule has 1 saturated heterocycles. The van der Waals surface area contributed by atoms with Crippen LogP contribution < -0.4 is 4.43 Å². The number of fused-ring (bicyclic) bond motifs is 1. The molecule has 2 atom stereocenters. The SMILES string of the molecule is C[C@@H](O)COCCOCCn1ccc(-c2nn(C3CCCCO3)c3ccc(O[Si](C)(C)C(C)(C)C)cc23)n1. The lowest BCUT2D eigenvalue weighted by molar-refractivity contribution is -0.0365. The average molecular weight is 545 g/mol. The van der Waals surface area contributed by atoms with Crippen LogP contribution in [0.2, 0.25) is 18.1 Å². The van der Waals surface area contributed by atoms with Gasteiger partial charge in [0.05, 0.1) is 44.6 Å². The summed E-state index contributed by atoms with van der Waals surface area (Å²) in [6, 6.07) is 8.29. The van der Waals surface area contributed by atoms with Gasteiger partial charge in [-0.05, 0) is 68.6 Å². The third kappa shape index (κ3) is 7.03. The van der Waals surface area contributed by atoms with Crippen molar-refractivity contribution in [2.24, 2.45) is 0 Å². The number of aromatic nitrogens is 4. The molecule has 1 aliphatic rings. The Morgan fingerprint density at radius 3 is 2.61 bits per heavy atom. The highest BCUT2D eigenvalue weighted by Gasteiger charge is 2.39. The Balaban J connectivity index is 1.54. The minimum absolute atomic E-state index is 0.0707. The quantitative estimate of drug-likeness (QED) is 0.241. The first-order valence-electron chi connectivity index (χ1n) is 13.8. The van der Waals surface area contributed by atoms with Gasteiger partial charge >= 0.3 is 0 Å². The molecule has 210 valence electrons. The van der Waals surface area contributed by atoms with E-state index in [1.54, 1.807) is 6.92 Å². The summed E-state index contributed by atoms with van der Waals surface area (Å²) in [5.41, 5.74) is 2.68. The maximum atomic E-state index is 9.24. The van der Waals surface area contributed by atoms with Crippen LogP contribution >= 0.6 is 0 Å². The van der Waals surface area contributed by atoms with Crippen molar-refractivity contribution >= 4 is 19.2 Å². The van der Waals surface area contributed by atoms with Crippen LogP contribution in [-0.2, 0) is 20.8 Å². The van der Waals surface area contributed by atoms with E-state index in [9.17, 15) is 5.11 Å². The van der Waals surface area contributed by atoms with Crippen molar-refractivity contribution in [2.75, 3.05) is 33.0 Å². The van der Waals surface area contributed by atoms with Crippen LogP contribution in [0.25, 0.3) is 22.3 Å². The van der Waals surface area contributed by atoms with E-state index in [0.717, 1.165) is 53.9 Å². The van der Waals surface area contributed by atoms with E-state index < -0.39 is 14.4 Å². The molecule has 0 radical (unpaired) electrons. The number of benzene rings is 1. The minimum atomic E-state index is -1.99. The summed E-state index contributed by atoms with van der Waals surface area (Å²) in [5.74, 6) is 0.875. The highest BCUT2D eigenvalue weighted by Crippen LogP contribution is 2.39. The predicted molar refractivity (Wildman–Crippen MR) is 151 cm³/mol. The van der Waals surface area contributed by atoms with E-state index in [-0.39, 0.29) is 11.3 Å². The van der Waals surface area contributed by atoms with E-state index in [1.165, 1.54) is 0 Å². The lowest BCUT2D eigenvalue weighted by atomic mass is 10.1. The summed E-state index contributed by atoms with van der Waals surface area (Å²) >= 11 is 0. The molecule has 0 spiro atoms. The molecular weight excluding hydrogens is 500 g/mol. The Morgan fingerprint density at radius 1 is 1.11 bits per heavy atom. The molecule has 2 aromatic heterocycles. The monoisotopic (exact) mass is 544 g/mol. The zero-order valence-electron chi connectivity index (χ0n) is 23.8. The zero-order chi connectivity index (χ0) is 27.3. The number of nitrogens with zero attached hydrogens (tertiary/aromatic N) is 4. The number of aliphatic hydroxyl groups excluding tert-OH is 1. The van der Waals surface area contributed by atoms with E-state index in [2.05, 4.69) is 52.1 Å². The van der Waals surface area contributed by atoms with Gasteiger partial charge in [-0.3, -0.25) is 4.68 Å². The first-order valence-corrected chi connectivity index (χ1v) is 16.7. The molecule has 4 rings (SSSR count). The lowest BCUT2D eigenvalue weighted by Crippen LogP contribution is -2.43. The second kappa shape index (κ2) is 12.3. The smallest absolute Gasteiger partial charge is 0.250 e. The van der Waals surface area contributed by atoms with Crippen molar-refractivity contribution in [3.8, 4) is 17.1 Å². The molecular formula is C28H44N4O5Si. The van der Waals surface area contributed by atoms with E-state index in [0.29, 0.717) is 33.0 Å². The highest BCUT2D eigenvalue weighted by atomic mass is 28.4. The van der Waals surface area contributed by atoms with Gasteiger partial charge in [0.2, 0.25) is 8.32 Å². The van der Waals surface area contributed by atoms with E-state index >= 15 is 0 Å². The molecule has 1 aliphatic heterocycles. The van der Waals surface area contributed by atoms with Gasteiger partial charge < -0.3 is 23.7 Å². The molecule has 1 N–H and O–H groups in total. The van der Waals surface area contributed by atoms with Crippen LogP contribution in [0, 0.1) is 0 Å². The number of hydrogen-bond donors (Lipinski definition) is 1. The Labute approximate surface area is 227 Å². The van der Waals surface area contributed by atoms with Crippen molar-refractivity contribution in [3.63, 3.8) is 0 Å². The van der Waals surface area contributed by atoms with Gasteiger partial charge in [-0.2, -0.15) is 10.2 Å². The van der Waals surface area contributed by atoms with Crippen molar-refractivity contribution in [1.82, 2.24) is 19.6 Å². The van der Waals surface area contributed by atoms with E-state index in [1.807, 2.05) is 21.6 Å². The van der Waals surface area contributed by atoms with Crippen LogP contribution in [-0.4, -0.2) is 72.1 Å². The second-order valence-corrected chi connectivity index (χ2v) is 16.4. The molecule has 1 unspecified atom stereocenters. The second-order valence-electron chi connectivity index (χ2n) is 11.7. The fraction of sp³-hybridized carbons (Fsp3) is 0.643. The molecule has 9 nitrogen and oxygen atoms in total. The molecule has 1 aromatic carbocycles. The summed E-state index contributed by atoms with van der Waals surface area (Å²) in [5, 5.41) is 20.2. The highest BCUT2D eigenvalue weighted by molar-refractivity contribution is 6.74. The summed E-state index contributed by atoms with van der Waals surface area (Å²) in [4.78, 5) is 0. The minimum Gasteiger partial charge on any atom is -0.543 e. The van der Waals surface area contributed by atoms with Crippen LogP contribution in [0.4, 0.5) is 0 Å². The molecule has 38 heavy (non-hydrogen) atoms. The normalized spacial score (nSPS) is 17.7. The number of aliphatic hydroxyl groups is 1. The molecule has 0 bridgehead atoms. The topological polar surface area (TPSA) is 92.8 Å². The molecule has 3 heterocycles. The fourth-order valence-corrected chi connectivity index (χ4v) is 5.22. The molecule has 0 saturated carbocycles. The van der Waals surface area contributed by atoms with Crippen LogP contribution in [0.15, 0.2) is 30.5 Å². The van der Waals surface area contributed by atoms with Gasteiger partial charge in [-0.1, -0.05) is 20.8 Å². The first kappa shape index (κ1) is 28.8. The predicted octanol–water partition coefficient (Wildman–Crippen LogP) is 5.40. The number of rotatable bonds is 12. The van der Waals surface area contributed by atoms with Crippen molar-refractivity contribution in [2.45, 2.75) is 84.0 Å². The standard InChI is InChI=1S/C28H44N4O5Si/c1-21(33)20-35-18-17-34-16-14-31-13-12-24(29-31)27-23-19-22(37-38(5,6)28(2,3)4)10-11-25(23)32(30-27)26-9-7-8-15-36-26/h10-13,19,21,26,33H,7-9,14-18,20H2,1-6H3/t21-,26?/m1/s1. The average Bonchev–Trinajstić information content (AvgIpc) is 3.47. The van der Waals surface area contributed by atoms with Crippen molar-refractivity contribution < 1.29 is 23.7 Å². The fourth-order valence-electron chi connectivity index (χ4n) is 4.20. The van der Waals surface area contributed by atoms with Gasteiger partial charge in [0.25, 0.3) is 0 Å². The van der Waals surface area contributed by atoms with Gasteiger partial charge in [0.1, 0.15) is 17.1 Å². The van der Waals surface area contributed by atoms with Gasteiger partial charge in [0, 0.05) is 18.2 Å². The van der Waals surface area contributed by atoms with Gasteiger partial charge in [-0.25, -0.2) is 4.68 Å². The molecule has 0 amide bonds. The number of ether oxygens (including phenoxy) is 3. The first-order chi connectivity index (χ1) is 18.0. The third-order valence-corrected chi connectivity index (χ3v) is 11.7. The van der Waals surface area contributed by atoms with Crippen LogP contribution in [0.1, 0.15) is 53.2 Å². The van der Waals surface area contributed by atoms with Crippen molar-refractivity contribution in [1.29, 1.82) is 0 Å². The summed E-state index contributed by atoms with van der Waals surface area (Å²) in [7, 11) is -1.99. The maximum Gasteiger partial charge on any atom is 0.250 e. The Kier molecular flexibility index (Phi) is 9.30. The summed E-state index contributed by atoms with van der Waals surface area (Å²) in [6.45, 7) is 16.1. The Bertz CT molecular complexity index is 1180. The number of hydrogen-bond acceptors (Lipinski definition) is 7. The van der Waals surface area contributed by atoms with Crippen LogP contribution in [0.3, 0.4) is 0 Å².